The lowest BCUT2D eigenvalue weighted by Crippen LogP contribution is -2.28. The lowest BCUT2D eigenvalue weighted by atomic mass is 10.00. The fraction of sp³-hybridized carbons (Fsp3) is 0.350. The average molecular weight is 418 g/mol. The van der Waals surface area contributed by atoms with Crippen LogP contribution in [-0.4, -0.2) is 27.6 Å². The van der Waals surface area contributed by atoms with Crippen molar-refractivity contribution in [1.82, 2.24) is 15.5 Å². The highest BCUT2D eigenvalue weighted by Crippen LogP contribution is 2.30. The lowest BCUT2D eigenvalue weighted by Gasteiger charge is -2.16. The third kappa shape index (κ3) is 5.70. The first-order chi connectivity index (χ1) is 13.0. The molecule has 0 fully saturated rings. The molecule has 27 heavy (non-hydrogen) atoms. The predicted octanol–water partition coefficient (Wildman–Crippen LogP) is 5.41. The van der Waals surface area contributed by atoms with Gasteiger partial charge in [-0.15, -0.1) is 10.2 Å². The number of rotatable bonds is 8. The number of nitrogens with one attached hydrogen (secondary N) is 1. The van der Waals surface area contributed by atoms with Gasteiger partial charge in [-0.05, 0) is 29.2 Å². The Hall–Kier alpha value is -1.57. The van der Waals surface area contributed by atoms with E-state index in [1.807, 2.05) is 25.1 Å². The van der Waals surface area contributed by atoms with Crippen LogP contribution in [-0.2, 0) is 4.79 Å². The SMILES string of the molecule is CC(C)CSc1nnc(SCC(=O)N[C@H](C)c2cccc3ccccc23)s1. The molecule has 0 aliphatic carbocycles. The summed E-state index contributed by atoms with van der Waals surface area (Å²) in [6.45, 7) is 6.40. The van der Waals surface area contributed by atoms with Crippen LogP contribution in [0.25, 0.3) is 10.8 Å². The summed E-state index contributed by atoms with van der Waals surface area (Å²) in [5, 5.41) is 13.8. The van der Waals surface area contributed by atoms with Crippen molar-refractivity contribution in [2.45, 2.75) is 35.5 Å². The van der Waals surface area contributed by atoms with Gasteiger partial charge in [-0.25, -0.2) is 0 Å². The van der Waals surface area contributed by atoms with Gasteiger partial charge in [-0.1, -0.05) is 91.2 Å². The fourth-order valence-electron chi connectivity index (χ4n) is 2.67. The maximum Gasteiger partial charge on any atom is 0.230 e. The molecule has 0 aliphatic rings. The molecule has 3 rings (SSSR count). The van der Waals surface area contributed by atoms with Crippen molar-refractivity contribution in [3.63, 3.8) is 0 Å². The van der Waals surface area contributed by atoms with Gasteiger partial charge >= 0.3 is 0 Å². The Balaban J connectivity index is 1.54. The lowest BCUT2D eigenvalue weighted by molar-refractivity contribution is -0.119. The Kier molecular flexibility index (Phi) is 7.15. The zero-order valence-electron chi connectivity index (χ0n) is 15.6. The van der Waals surface area contributed by atoms with E-state index in [2.05, 4.69) is 53.6 Å². The van der Waals surface area contributed by atoms with Gasteiger partial charge in [0.15, 0.2) is 8.68 Å². The maximum atomic E-state index is 12.4. The van der Waals surface area contributed by atoms with Crippen LogP contribution in [0.5, 0.6) is 0 Å². The van der Waals surface area contributed by atoms with Crippen LogP contribution in [0.3, 0.4) is 0 Å². The zero-order chi connectivity index (χ0) is 19.2. The molecular formula is C20H23N3OS3. The number of aromatic nitrogens is 2. The monoisotopic (exact) mass is 417 g/mol. The highest BCUT2D eigenvalue weighted by Gasteiger charge is 2.14. The van der Waals surface area contributed by atoms with E-state index < -0.39 is 0 Å². The molecule has 0 saturated heterocycles. The molecule has 1 aromatic heterocycles. The van der Waals surface area contributed by atoms with Crippen LogP contribution >= 0.6 is 34.9 Å². The van der Waals surface area contributed by atoms with E-state index in [1.54, 1.807) is 23.1 Å². The van der Waals surface area contributed by atoms with Crippen LogP contribution in [0.2, 0.25) is 0 Å². The van der Waals surface area contributed by atoms with Gasteiger partial charge in [0, 0.05) is 5.75 Å². The minimum absolute atomic E-state index is 0.00650. The van der Waals surface area contributed by atoms with Gasteiger partial charge in [0.1, 0.15) is 0 Å². The van der Waals surface area contributed by atoms with Crippen molar-refractivity contribution in [2.75, 3.05) is 11.5 Å². The topological polar surface area (TPSA) is 54.9 Å². The van der Waals surface area contributed by atoms with Crippen molar-refractivity contribution in [1.29, 1.82) is 0 Å². The number of hydrogen-bond acceptors (Lipinski definition) is 6. The molecule has 3 aromatic rings. The summed E-state index contributed by atoms with van der Waals surface area (Å²) in [6, 6.07) is 14.4. The number of fused-ring (bicyclic) bond motifs is 1. The van der Waals surface area contributed by atoms with E-state index in [-0.39, 0.29) is 11.9 Å². The summed E-state index contributed by atoms with van der Waals surface area (Å²) in [7, 11) is 0. The smallest absolute Gasteiger partial charge is 0.230 e. The van der Waals surface area contributed by atoms with Crippen molar-refractivity contribution >= 4 is 51.5 Å². The molecule has 2 aromatic carbocycles. The molecule has 1 atom stereocenters. The highest BCUT2D eigenvalue weighted by molar-refractivity contribution is 8.03. The fourth-order valence-corrected chi connectivity index (χ4v) is 5.48. The summed E-state index contributed by atoms with van der Waals surface area (Å²) < 4.78 is 1.81. The quantitative estimate of drug-likeness (QED) is 0.497. The molecule has 0 spiro atoms. The number of nitrogens with zero attached hydrogens (tertiary/aromatic N) is 2. The molecule has 1 heterocycles. The highest BCUT2D eigenvalue weighted by atomic mass is 32.2. The first-order valence-electron chi connectivity index (χ1n) is 8.89. The Morgan fingerprint density at radius 3 is 2.52 bits per heavy atom. The number of carbonyl (C=O) groups excluding carboxylic acids is 1. The largest absolute Gasteiger partial charge is 0.349 e. The van der Waals surface area contributed by atoms with Gasteiger partial charge in [0.05, 0.1) is 11.8 Å². The van der Waals surface area contributed by atoms with Gasteiger partial charge in [-0.3, -0.25) is 4.79 Å². The Bertz CT molecular complexity index is 905. The second-order valence-corrected chi connectivity index (χ2v) is 10.2. The number of amides is 1. The number of hydrogen-bond donors (Lipinski definition) is 1. The molecule has 0 aliphatic heterocycles. The molecule has 0 bridgehead atoms. The van der Waals surface area contributed by atoms with E-state index >= 15 is 0 Å². The first-order valence-corrected chi connectivity index (χ1v) is 11.7. The molecule has 0 saturated carbocycles. The van der Waals surface area contributed by atoms with Crippen LogP contribution < -0.4 is 5.32 Å². The maximum absolute atomic E-state index is 12.4. The first kappa shape index (κ1) is 20.2. The summed E-state index contributed by atoms with van der Waals surface area (Å²) in [6.07, 6.45) is 0. The Labute approximate surface area is 172 Å². The number of thioether (sulfide) groups is 2. The summed E-state index contributed by atoms with van der Waals surface area (Å²) in [5.41, 5.74) is 1.13. The van der Waals surface area contributed by atoms with Crippen molar-refractivity contribution in [2.24, 2.45) is 5.92 Å². The second kappa shape index (κ2) is 9.57. The molecular weight excluding hydrogens is 394 g/mol. The second-order valence-electron chi connectivity index (χ2n) is 6.68. The van der Waals surface area contributed by atoms with Gasteiger partial charge in [0.2, 0.25) is 5.91 Å². The van der Waals surface area contributed by atoms with E-state index in [1.165, 1.54) is 22.5 Å². The van der Waals surface area contributed by atoms with Gasteiger partial charge in [0.25, 0.3) is 0 Å². The molecule has 0 unspecified atom stereocenters. The van der Waals surface area contributed by atoms with Crippen molar-refractivity contribution in [3.05, 3.63) is 48.0 Å². The van der Waals surface area contributed by atoms with Crippen LogP contribution in [0.15, 0.2) is 51.1 Å². The summed E-state index contributed by atoms with van der Waals surface area (Å²) in [4.78, 5) is 12.4. The average Bonchev–Trinajstić information content (AvgIpc) is 3.12. The molecule has 1 N–H and O–H groups in total. The van der Waals surface area contributed by atoms with Crippen LogP contribution in [0.4, 0.5) is 0 Å². The predicted molar refractivity (Wildman–Crippen MR) is 117 cm³/mol. The van der Waals surface area contributed by atoms with Gasteiger partial charge < -0.3 is 5.32 Å². The normalized spacial score (nSPS) is 12.4. The third-order valence-corrected chi connectivity index (χ3v) is 7.54. The molecule has 142 valence electrons. The van der Waals surface area contributed by atoms with E-state index in [0.717, 1.165) is 20.0 Å². The van der Waals surface area contributed by atoms with Crippen molar-refractivity contribution < 1.29 is 4.79 Å². The van der Waals surface area contributed by atoms with Crippen molar-refractivity contribution in [3.8, 4) is 0 Å². The number of benzene rings is 2. The molecule has 4 nitrogen and oxygen atoms in total. The minimum Gasteiger partial charge on any atom is -0.349 e. The molecule has 0 radical (unpaired) electrons. The molecule has 1 amide bonds. The standard InChI is InChI=1S/C20H23N3OS3/c1-13(2)11-25-19-22-23-20(27-19)26-12-18(24)21-14(3)16-10-6-8-15-7-4-5-9-17(15)16/h4-10,13-14H,11-12H2,1-3H3,(H,21,24)/t14-/m1/s1. The van der Waals surface area contributed by atoms with Crippen LogP contribution in [0, 0.1) is 5.92 Å². The van der Waals surface area contributed by atoms with Gasteiger partial charge in [-0.2, -0.15) is 0 Å². The van der Waals surface area contributed by atoms with Crippen LogP contribution in [0.1, 0.15) is 32.4 Å². The summed E-state index contributed by atoms with van der Waals surface area (Å²) >= 11 is 4.73. The summed E-state index contributed by atoms with van der Waals surface area (Å²) in [5.74, 6) is 2.00. The number of carbonyl (C=O) groups is 1. The Morgan fingerprint density at radius 1 is 1.04 bits per heavy atom. The Morgan fingerprint density at radius 2 is 1.74 bits per heavy atom. The zero-order valence-corrected chi connectivity index (χ0v) is 18.1. The van der Waals surface area contributed by atoms with E-state index in [9.17, 15) is 4.79 Å². The minimum atomic E-state index is -0.0456. The molecule has 7 heteroatoms. The van der Waals surface area contributed by atoms with E-state index in [0.29, 0.717) is 11.7 Å². The van der Waals surface area contributed by atoms with E-state index in [4.69, 9.17) is 0 Å². The third-order valence-electron chi connectivity index (χ3n) is 3.92.